The highest BCUT2D eigenvalue weighted by molar-refractivity contribution is 8.00. The minimum absolute atomic E-state index is 0.0671. The third-order valence-electron chi connectivity index (χ3n) is 2.60. The number of aromatic nitrogens is 2. The maximum absolute atomic E-state index is 12.4. The average Bonchev–Trinajstić information content (AvgIpc) is 2.97. The van der Waals surface area contributed by atoms with E-state index < -0.39 is 12.1 Å². The van der Waals surface area contributed by atoms with Crippen LogP contribution in [0, 0.1) is 0 Å². The lowest BCUT2D eigenvalue weighted by molar-refractivity contribution is -0.159. The Labute approximate surface area is 128 Å². The second-order valence-electron chi connectivity index (χ2n) is 4.23. The summed E-state index contributed by atoms with van der Waals surface area (Å²) < 4.78 is 41.3. The smallest absolute Gasteiger partial charge is 0.329 e. The summed E-state index contributed by atoms with van der Waals surface area (Å²) in [5.41, 5.74) is 0.814. The standard InChI is InChI=1S/C14H11F3N2O2S/c1-2-7-22-8-11(20)9-3-5-10(6-4-9)12-18-13(21-19-12)14(15,16)17/h2-6H,1,7-8H2. The first-order valence-electron chi connectivity index (χ1n) is 6.15. The number of rotatable bonds is 6. The Kier molecular flexibility index (Phi) is 5.02. The third-order valence-corrected chi connectivity index (χ3v) is 3.54. The van der Waals surface area contributed by atoms with Crippen LogP contribution in [0.25, 0.3) is 11.4 Å². The van der Waals surface area contributed by atoms with Crippen LogP contribution in [0.4, 0.5) is 13.2 Å². The molecule has 0 spiro atoms. The Bertz CT molecular complexity index is 665. The fourth-order valence-electron chi connectivity index (χ4n) is 1.58. The van der Waals surface area contributed by atoms with Crippen molar-refractivity contribution >= 4 is 17.5 Å². The molecule has 0 atom stereocenters. The Hall–Kier alpha value is -2.09. The van der Waals surface area contributed by atoms with E-state index in [1.807, 2.05) is 0 Å². The summed E-state index contributed by atoms with van der Waals surface area (Å²) >= 11 is 1.43. The van der Waals surface area contributed by atoms with Gasteiger partial charge in [0.15, 0.2) is 5.78 Å². The molecular formula is C14H11F3N2O2S. The van der Waals surface area contributed by atoms with Crippen molar-refractivity contribution in [3.63, 3.8) is 0 Å². The number of carbonyl (C=O) groups is 1. The van der Waals surface area contributed by atoms with Crippen LogP contribution < -0.4 is 0 Å². The normalized spacial score (nSPS) is 11.4. The van der Waals surface area contributed by atoms with Crippen LogP contribution in [0.3, 0.4) is 0 Å². The van der Waals surface area contributed by atoms with Crippen molar-refractivity contribution in [2.45, 2.75) is 6.18 Å². The van der Waals surface area contributed by atoms with Gasteiger partial charge in [0.2, 0.25) is 5.82 Å². The number of alkyl halides is 3. The van der Waals surface area contributed by atoms with Gasteiger partial charge in [-0.15, -0.1) is 18.3 Å². The van der Waals surface area contributed by atoms with Crippen molar-refractivity contribution in [3.8, 4) is 11.4 Å². The van der Waals surface area contributed by atoms with E-state index in [0.29, 0.717) is 22.6 Å². The topological polar surface area (TPSA) is 56.0 Å². The highest BCUT2D eigenvalue weighted by Crippen LogP contribution is 2.29. The van der Waals surface area contributed by atoms with Crippen LogP contribution in [-0.4, -0.2) is 27.4 Å². The first kappa shape index (κ1) is 16.3. The van der Waals surface area contributed by atoms with Gasteiger partial charge in [0.05, 0.1) is 5.75 Å². The Morgan fingerprint density at radius 3 is 2.55 bits per heavy atom. The van der Waals surface area contributed by atoms with Crippen LogP contribution in [0.2, 0.25) is 0 Å². The zero-order valence-electron chi connectivity index (χ0n) is 11.3. The predicted octanol–water partition coefficient (Wildman–Crippen LogP) is 3.86. The number of Topliss-reactive ketones (excluding diaryl/α,β-unsaturated/α-hetero) is 1. The van der Waals surface area contributed by atoms with E-state index in [0.717, 1.165) is 0 Å². The van der Waals surface area contributed by atoms with E-state index in [9.17, 15) is 18.0 Å². The number of carbonyl (C=O) groups excluding carboxylic acids is 1. The van der Waals surface area contributed by atoms with Crippen molar-refractivity contribution < 1.29 is 22.5 Å². The molecule has 1 aromatic carbocycles. The van der Waals surface area contributed by atoms with Crippen molar-refractivity contribution in [2.24, 2.45) is 0 Å². The zero-order valence-corrected chi connectivity index (χ0v) is 12.1. The van der Waals surface area contributed by atoms with E-state index in [-0.39, 0.29) is 11.6 Å². The molecule has 2 rings (SSSR count). The van der Waals surface area contributed by atoms with Crippen LogP contribution in [0.1, 0.15) is 16.2 Å². The van der Waals surface area contributed by atoms with E-state index in [4.69, 9.17) is 0 Å². The number of hydrogen-bond acceptors (Lipinski definition) is 5. The summed E-state index contributed by atoms with van der Waals surface area (Å²) in [5, 5.41) is 3.28. The highest BCUT2D eigenvalue weighted by atomic mass is 32.2. The molecule has 0 saturated carbocycles. The van der Waals surface area contributed by atoms with E-state index in [1.165, 1.54) is 36.0 Å². The Morgan fingerprint density at radius 2 is 2.00 bits per heavy atom. The van der Waals surface area contributed by atoms with Gasteiger partial charge in [-0.2, -0.15) is 18.2 Å². The molecule has 1 heterocycles. The van der Waals surface area contributed by atoms with Crippen molar-refractivity contribution in [2.75, 3.05) is 11.5 Å². The number of thioether (sulfide) groups is 1. The van der Waals surface area contributed by atoms with Gasteiger partial charge in [-0.3, -0.25) is 4.79 Å². The minimum atomic E-state index is -4.68. The molecule has 8 heteroatoms. The molecule has 0 bridgehead atoms. The summed E-state index contributed by atoms with van der Waals surface area (Å²) in [5.74, 6) is -0.656. The molecule has 1 aromatic heterocycles. The monoisotopic (exact) mass is 328 g/mol. The molecule has 2 aromatic rings. The summed E-state index contributed by atoms with van der Waals surface area (Å²) in [6.45, 7) is 3.56. The molecule has 0 aliphatic heterocycles. The highest BCUT2D eigenvalue weighted by Gasteiger charge is 2.38. The largest absolute Gasteiger partial charge is 0.471 e. The molecule has 0 fully saturated rings. The van der Waals surface area contributed by atoms with Crippen molar-refractivity contribution in [3.05, 3.63) is 48.4 Å². The first-order chi connectivity index (χ1) is 10.4. The van der Waals surface area contributed by atoms with Gasteiger partial charge in [0, 0.05) is 16.9 Å². The number of ketones is 1. The fourth-order valence-corrected chi connectivity index (χ4v) is 2.22. The van der Waals surface area contributed by atoms with Crippen molar-refractivity contribution in [1.29, 1.82) is 0 Å². The van der Waals surface area contributed by atoms with Crippen LogP contribution in [-0.2, 0) is 6.18 Å². The summed E-state index contributed by atoms with van der Waals surface area (Å²) in [6, 6.07) is 6.01. The third kappa shape index (κ3) is 3.97. The molecule has 0 unspecified atom stereocenters. The number of benzene rings is 1. The molecule has 0 aliphatic rings. The molecule has 22 heavy (non-hydrogen) atoms. The minimum Gasteiger partial charge on any atom is -0.329 e. The molecule has 0 N–H and O–H groups in total. The van der Waals surface area contributed by atoms with Gasteiger partial charge < -0.3 is 4.52 Å². The van der Waals surface area contributed by atoms with Gasteiger partial charge in [-0.1, -0.05) is 35.5 Å². The first-order valence-corrected chi connectivity index (χ1v) is 7.30. The molecule has 4 nitrogen and oxygen atoms in total. The lowest BCUT2D eigenvalue weighted by atomic mass is 10.1. The van der Waals surface area contributed by atoms with Gasteiger partial charge in [-0.05, 0) is 0 Å². The predicted molar refractivity (Wildman–Crippen MR) is 76.6 cm³/mol. The summed E-state index contributed by atoms with van der Waals surface area (Å²) in [7, 11) is 0. The second-order valence-corrected chi connectivity index (χ2v) is 5.26. The molecular weight excluding hydrogens is 317 g/mol. The van der Waals surface area contributed by atoms with Gasteiger partial charge in [0.1, 0.15) is 0 Å². The SMILES string of the molecule is C=CCSCC(=O)c1ccc(-c2noc(C(F)(F)F)n2)cc1. The number of halogens is 3. The molecule has 0 radical (unpaired) electrons. The zero-order chi connectivity index (χ0) is 16.2. The quantitative estimate of drug-likeness (QED) is 0.458. The molecule has 0 amide bonds. The van der Waals surface area contributed by atoms with Gasteiger partial charge in [-0.25, -0.2) is 0 Å². The second kappa shape index (κ2) is 6.78. The molecule has 0 saturated heterocycles. The molecule has 116 valence electrons. The maximum Gasteiger partial charge on any atom is 0.471 e. The van der Waals surface area contributed by atoms with Gasteiger partial charge in [0.25, 0.3) is 0 Å². The average molecular weight is 328 g/mol. The van der Waals surface area contributed by atoms with Crippen molar-refractivity contribution in [1.82, 2.24) is 10.1 Å². The van der Waals surface area contributed by atoms with E-state index in [2.05, 4.69) is 21.2 Å². The van der Waals surface area contributed by atoms with Gasteiger partial charge >= 0.3 is 12.1 Å². The molecule has 0 aliphatic carbocycles. The maximum atomic E-state index is 12.4. The van der Waals surface area contributed by atoms with E-state index >= 15 is 0 Å². The van der Waals surface area contributed by atoms with Crippen LogP contribution in [0.5, 0.6) is 0 Å². The van der Waals surface area contributed by atoms with E-state index in [1.54, 1.807) is 6.08 Å². The lowest BCUT2D eigenvalue weighted by Gasteiger charge is -2.01. The fraction of sp³-hybridized carbons (Fsp3) is 0.214. The Morgan fingerprint density at radius 1 is 1.32 bits per heavy atom. The van der Waals surface area contributed by atoms with Crippen LogP contribution >= 0.6 is 11.8 Å². The summed E-state index contributed by atoms with van der Waals surface area (Å²) in [6.07, 6.45) is -2.97. The van der Waals surface area contributed by atoms with Crippen LogP contribution in [0.15, 0.2) is 41.4 Å². The Balaban J connectivity index is 2.10. The number of nitrogens with zero attached hydrogens (tertiary/aromatic N) is 2. The number of hydrogen-bond donors (Lipinski definition) is 0. The summed E-state index contributed by atoms with van der Waals surface area (Å²) in [4.78, 5) is 15.1. The lowest BCUT2D eigenvalue weighted by Crippen LogP contribution is -2.05.